The lowest BCUT2D eigenvalue weighted by molar-refractivity contribution is 0.587. The number of benzene rings is 1. The average molecular weight is 201 g/mol. The van der Waals surface area contributed by atoms with Crippen molar-refractivity contribution in [2.24, 2.45) is 5.73 Å². The Morgan fingerprint density at radius 1 is 1.47 bits per heavy atom. The minimum absolute atomic E-state index is 0.236. The van der Waals surface area contributed by atoms with Crippen LogP contribution >= 0.6 is 0 Å². The predicted molar refractivity (Wildman–Crippen MR) is 65.5 cm³/mol. The van der Waals surface area contributed by atoms with Gasteiger partial charge in [0.15, 0.2) is 0 Å². The molecule has 0 aliphatic carbocycles. The highest BCUT2D eigenvalue weighted by molar-refractivity contribution is 5.22. The molecule has 80 valence electrons. The Kier molecular flexibility index (Phi) is 4.93. The van der Waals surface area contributed by atoms with Crippen molar-refractivity contribution in [1.29, 1.82) is 0 Å². The molecule has 0 saturated heterocycles. The van der Waals surface area contributed by atoms with Crippen LogP contribution in [0, 0.1) is 19.3 Å². The Hall–Kier alpha value is -1.26. The maximum Gasteiger partial charge on any atom is 0.00866 e. The van der Waals surface area contributed by atoms with Crippen LogP contribution in [0.3, 0.4) is 0 Å². The third-order valence-electron chi connectivity index (χ3n) is 2.48. The van der Waals surface area contributed by atoms with Crippen LogP contribution in [0.4, 0.5) is 0 Å². The molecular formula is C14H19N. The number of terminal acetylenes is 1. The minimum atomic E-state index is 0.236. The molecule has 0 aromatic heterocycles. The van der Waals surface area contributed by atoms with E-state index in [9.17, 15) is 0 Å². The van der Waals surface area contributed by atoms with E-state index in [1.54, 1.807) is 0 Å². The molecule has 1 atom stereocenters. The second-order valence-corrected chi connectivity index (χ2v) is 4.05. The SMILES string of the molecule is C#CCCCC(N)Cc1cccc(C)c1. The van der Waals surface area contributed by atoms with E-state index in [-0.39, 0.29) is 6.04 Å². The summed E-state index contributed by atoms with van der Waals surface area (Å²) >= 11 is 0. The van der Waals surface area contributed by atoms with Crippen LogP contribution in [0.1, 0.15) is 30.4 Å². The zero-order valence-corrected chi connectivity index (χ0v) is 9.37. The molecular weight excluding hydrogens is 182 g/mol. The third-order valence-corrected chi connectivity index (χ3v) is 2.48. The molecule has 0 radical (unpaired) electrons. The molecule has 1 aromatic carbocycles. The Balaban J connectivity index is 2.38. The zero-order valence-electron chi connectivity index (χ0n) is 9.37. The minimum Gasteiger partial charge on any atom is -0.327 e. The molecule has 0 amide bonds. The molecule has 1 heteroatoms. The van der Waals surface area contributed by atoms with Gasteiger partial charge in [0.05, 0.1) is 0 Å². The topological polar surface area (TPSA) is 26.0 Å². The van der Waals surface area contributed by atoms with Crippen molar-refractivity contribution in [3.63, 3.8) is 0 Å². The number of unbranched alkanes of at least 4 members (excludes halogenated alkanes) is 1. The summed E-state index contributed by atoms with van der Waals surface area (Å²) in [6.07, 6.45) is 9.03. The first-order valence-electron chi connectivity index (χ1n) is 5.47. The lowest BCUT2D eigenvalue weighted by Gasteiger charge is -2.10. The van der Waals surface area contributed by atoms with E-state index in [4.69, 9.17) is 12.2 Å². The molecule has 1 unspecified atom stereocenters. The normalized spacial score (nSPS) is 12.1. The molecule has 2 N–H and O–H groups in total. The van der Waals surface area contributed by atoms with Crippen molar-refractivity contribution in [1.82, 2.24) is 0 Å². The van der Waals surface area contributed by atoms with Gasteiger partial charge in [-0.15, -0.1) is 12.3 Å². The van der Waals surface area contributed by atoms with Gasteiger partial charge in [-0.3, -0.25) is 0 Å². The zero-order chi connectivity index (χ0) is 11.1. The highest BCUT2D eigenvalue weighted by atomic mass is 14.6. The van der Waals surface area contributed by atoms with Crippen LogP contribution in [0.5, 0.6) is 0 Å². The monoisotopic (exact) mass is 201 g/mol. The summed E-state index contributed by atoms with van der Waals surface area (Å²) in [6, 6.07) is 8.75. The quantitative estimate of drug-likeness (QED) is 0.575. The standard InChI is InChI=1S/C14H19N/c1-3-4-5-9-14(15)11-13-8-6-7-12(2)10-13/h1,6-8,10,14H,4-5,9,11,15H2,2H3. The summed E-state index contributed by atoms with van der Waals surface area (Å²) < 4.78 is 0. The van der Waals surface area contributed by atoms with Gasteiger partial charge in [-0.1, -0.05) is 29.8 Å². The number of rotatable bonds is 5. The molecule has 1 aromatic rings. The molecule has 1 rings (SSSR count). The lowest BCUT2D eigenvalue weighted by Crippen LogP contribution is -2.22. The number of aryl methyl sites for hydroxylation is 1. The van der Waals surface area contributed by atoms with E-state index >= 15 is 0 Å². The van der Waals surface area contributed by atoms with Crippen LogP contribution in [0.15, 0.2) is 24.3 Å². The summed E-state index contributed by atoms with van der Waals surface area (Å²) in [4.78, 5) is 0. The predicted octanol–water partition coefficient (Wildman–Crippen LogP) is 2.67. The van der Waals surface area contributed by atoms with Crippen molar-refractivity contribution in [2.45, 2.75) is 38.6 Å². The van der Waals surface area contributed by atoms with E-state index in [0.29, 0.717) is 0 Å². The fourth-order valence-corrected chi connectivity index (χ4v) is 1.71. The summed E-state index contributed by atoms with van der Waals surface area (Å²) in [5, 5.41) is 0. The third kappa shape index (κ3) is 4.67. The molecule has 0 bridgehead atoms. The fourth-order valence-electron chi connectivity index (χ4n) is 1.71. The van der Waals surface area contributed by atoms with E-state index in [1.807, 2.05) is 0 Å². The molecule has 0 fully saturated rings. The van der Waals surface area contributed by atoms with Crippen LogP contribution < -0.4 is 5.73 Å². The maximum absolute atomic E-state index is 6.03. The van der Waals surface area contributed by atoms with Crippen LogP contribution in [0.2, 0.25) is 0 Å². The van der Waals surface area contributed by atoms with Gasteiger partial charge in [-0.05, 0) is 31.7 Å². The number of hydrogen-bond donors (Lipinski definition) is 1. The highest BCUT2D eigenvalue weighted by Gasteiger charge is 2.03. The van der Waals surface area contributed by atoms with Crippen molar-refractivity contribution >= 4 is 0 Å². The summed E-state index contributed by atoms with van der Waals surface area (Å²) in [5.74, 6) is 2.64. The molecule has 15 heavy (non-hydrogen) atoms. The smallest absolute Gasteiger partial charge is 0.00866 e. The van der Waals surface area contributed by atoms with Gasteiger partial charge in [0.25, 0.3) is 0 Å². The molecule has 0 saturated carbocycles. The number of nitrogens with two attached hydrogens (primary N) is 1. The van der Waals surface area contributed by atoms with Gasteiger partial charge in [0.2, 0.25) is 0 Å². The van der Waals surface area contributed by atoms with E-state index in [2.05, 4.69) is 37.1 Å². The van der Waals surface area contributed by atoms with Crippen molar-refractivity contribution in [2.75, 3.05) is 0 Å². The first-order valence-corrected chi connectivity index (χ1v) is 5.47. The van der Waals surface area contributed by atoms with E-state index in [1.165, 1.54) is 11.1 Å². The summed E-state index contributed by atoms with van der Waals surface area (Å²) in [5.41, 5.74) is 8.65. The fraction of sp³-hybridized carbons (Fsp3) is 0.429. The van der Waals surface area contributed by atoms with Crippen LogP contribution in [-0.4, -0.2) is 6.04 Å². The maximum atomic E-state index is 6.03. The second kappa shape index (κ2) is 6.27. The first-order chi connectivity index (χ1) is 7.22. The molecule has 1 nitrogen and oxygen atoms in total. The van der Waals surface area contributed by atoms with Gasteiger partial charge in [-0.25, -0.2) is 0 Å². The Labute approximate surface area is 92.7 Å². The van der Waals surface area contributed by atoms with E-state index < -0.39 is 0 Å². The largest absolute Gasteiger partial charge is 0.327 e. The first kappa shape index (κ1) is 11.8. The van der Waals surface area contributed by atoms with Crippen molar-refractivity contribution in [3.05, 3.63) is 35.4 Å². The van der Waals surface area contributed by atoms with Gasteiger partial charge < -0.3 is 5.73 Å². The molecule has 0 spiro atoms. The summed E-state index contributed by atoms with van der Waals surface area (Å²) in [6.45, 7) is 2.10. The lowest BCUT2D eigenvalue weighted by atomic mass is 10.0. The van der Waals surface area contributed by atoms with Crippen LogP contribution in [-0.2, 0) is 6.42 Å². The van der Waals surface area contributed by atoms with E-state index in [0.717, 1.165) is 25.7 Å². The van der Waals surface area contributed by atoms with Gasteiger partial charge >= 0.3 is 0 Å². The molecule has 0 aliphatic heterocycles. The number of hydrogen-bond acceptors (Lipinski definition) is 1. The Morgan fingerprint density at radius 3 is 2.93 bits per heavy atom. The summed E-state index contributed by atoms with van der Waals surface area (Å²) in [7, 11) is 0. The highest BCUT2D eigenvalue weighted by Crippen LogP contribution is 2.09. The molecule has 0 heterocycles. The second-order valence-electron chi connectivity index (χ2n) is 4.05. The van der Waals surface area contributed by atoms with Gasteiger partial charge in [0, 0.05) is 12.5 Å². The van der Waals surface area contributed by atoms with Crippen molar-refractivity contribution < 1.29 is 0 Å². The Bertz CT molecular complexity index is 335. The van der Waals surface area contributed by atoms with Crippen molar-refractivity contribution in [3.8, 4) is 12.3 Å². The van der Waals surface area contributed by atoms with Gasteiger partial charge in [0.1, 0.15) is 0 Å². The van der Waals surface area contributed by atoms with Crippen LogP contribution in [0.25, 0.3) is 0 Å². The average Bonchev–Trinajstić information content (AvgIpc) is 2.18. The van der Waals surface area contributed by atoms with Gasteiger partial charge in [-0.2, -0.15) is 0 Å². The Morgan fingerprint density at radius 2 is 2.27 bits per heavy atom. The molecule has 0 aliphatic rings.